The average Bonchev–Trinajstić information content (AvgIpc) is 2.71. The fourth-order valence-electron chi connectivity index (χ4n) is 2.31. The molecule has 1 rings (SSSR count). The van der Waals surface area contributed by atoms with E-state index in [-0.39, 0.29) is 5.56 Å². The molecule has 1 aromatic rings. The van der Waals surface area contributed by atoms with E-state index in [0.717, 1.165) is 17.4 Å². The van der Waals surface area contributed by atoms with E-state index in [9.17, 15) is 75.0 Å². The summed E-state index contributed by atoms with van der Waals surface area (Å²) in [7, 11) is 0. The number of carbonyl (C=O) groups excluding carboxylic acids is 1. The molecular formula is C17H10ClF16NO. The molecule has 0 saturated carbocycles. The molecule has 0 aliphatic rings. The molecule has 1 amide bonds. The van der Waals surface area contributed by atoms with Gasteiger partial charge >= 0.3 is 46.8 Å². The fourth-order valence-corrected chi connectivity index (χ4v) is 2.42. The number of halogens is 17. The molecule has 0 aromatic heterocycles. The minimum atomic E-state index is -8.61. The van der Waals surface area contributed by atoms with Crippen LogP contribution in [-0.2, 0) is 11.3 Å². The summed E-state index contributed by atoms with van der Waals surface area (Å²) in [5, 5.41) is -5.97. The van der Waals surface area contributed by atoms with Gasteiger partial charge < -0.3 is 5.32 Å². The molecular weight excluding hydrogens is 574 g/mol. The maximum Gasteiger partial charge on any atom is 0.393 e. The van der Waals surface area contributed by atoms with Gasteiger partial charge in [-0.3, -0.25) is 4.79 Å². The second-order valence-electron chi connectivity index (χ2n) is 7.19. The predicted octanol–water partition coefficient (Wildman–Crippen LogP) is 6.89. The number of hydrogen-bond donors (Lipinski definition) is 1. The number of amides is 1. The molecule has 0 unspecified atom stereocenters. The largest absolute Gasteiger partial charge is 0.393 e. The first-order valence-corrected chi connectivity index (χ1v) is 9.07. The van der Waals surface area contributed by atoms with E-state index in [1.165, 1.54) is 19.1 Å². The number of alkyl halides is 17. The highest BCUT2D eigenvalue weighted by molar-refractivity contribution is 6.22. The number of aryl methyl sites for hydroxylation is 1. The number of benzene rings is 1. The van der Waals surface area contributed by atoms with E-state index in [0.29, 0.717) is 5.56 Å². The summed E-state index contributed by atoms with van der Waals surface area (Å²) >= 11 is 3.43. The van der Waals surface area contributed by atoms with Crippen molar-refractivity contribution in [3.63, 3.8) is 0 Å². The standard InChI is InChI=1S/C17H10ClF16NO/c1-7-2-4-8(5-3-7)6-35-9(36)10(19,20)11(21,22)12(23,24)13(25,26)14(27,28)15(29,30)16(31,32)17(18,33)34/h2-5H,6H2,1H3,(H,35,36). The van der Waals surface area contributed by atoms with Crippen LogP contribution >= 0.6 is 11.6 Å². The summed E-state index contributed by atoms with van der Waals surface area (Å²) in [6, 6.07) is 4.69. The summed E-state index contributed by atoms with van der Waals surface area (Å²) in [5.41, 5.74) is 0.375. The minimum Gasteiger partial charge on any atom is -0.347 e. The monoisotopic (exact) mass is 583 g/mol. The Morgan fingerprint density at radius 1 is 0.639 bits per heavy atom. The Morgan fingerprint density at radius 3 is 1.33 bits per heavy atom. The molecule has 1 N–H and O–H groups in total. The summed E-state index contributed by atoms with van der Waals surface area (Å²) in [5.74, 6) is -60.3. The molecule has 0 spiro atoms. The lowest BCUT2D eigenvalue weighted by molar-refractivity contribution is -0.446. The van der Waals surface area contributed by atoms with Gasteiger partial charge in [-0.25, -0.2) is 0 Å². The van der Waals surface area contributed by atoms with Crippen molar-refractivity contribution in [3.05, 3.63) is 35.4 Å². The molecule has 0 bridgehead atoms. The van der Waals surface area contributed by atoms with Gasteiger partial charge in [-0.2, -0.15) is 70.2 Å². The summed E-state index contributed by atoms with van der Waals surface area (Å²) in [6.45, 7) is 0.348. The first-order valence-electron chi connectivity index (χ1n) is 8.70. The van der Waals surface area contributed by atoms with Crippen LogP contribution in [0.5, 0.6) is 0 Å². The lowest BCUT2D eigenvalue weighted by atomic mass is 9.89. The maximum absolute atomic E-state index is 13.8. The van der Waals surface area contributed by atoms with Crippen molar-refractivity contribution in [2.24, 2.45) is 0 Å². The van der Waals surface area contributed by atoms with Crippen LogP contribution in [0.2, 0.25) is 0 Å². The highest BCUT2D eigenvalue weighted by atomic mass is 35.5. The number of hydrogen-bond acceptors (Lipinski definition) is 1. The van der Waals surface area contributed by atoms with Crippen LogP contribution < -0.4 is 5.32 Å². The zero-order valence-corrected chi connectivity index (χ0v) is 17.6. The third-order valence-corrected chi connectivity index (χ3v) is 4.82. The van der Waals surface area contributed by atoms with Crippen LogP contribution in [0.15, 0.2) is 24.3 Å². The first-order chi connectivity index (χ1) is 15.6. The smallest absolute Gasteiger partial charge is 0.347 e. The van der Waals surface area contributed by atoms with Crippen LogP contribution in [-0.4, -0.2) is 52.7 Å². The molecule has 0 fully saturated rings. The highest BCUT2D eigenvalue weighted by Gasteiger charge is 2.95. The molecule has 0 aliphatic heterocycles. The van der Waals surface area contributed by atoms with Crippen molar-refractivity contribution in [2.45, 2.75) is 60.3 Å². The zero-order valence-electron chi connectivity index (χ0n) is 16.9. The average molecular weight is 584 g/mol. The van der Waals surface area contributed by atoms with Gasteiger partial charge in [-0.15, -0.1) is 0 Å². The Balaban J connectivity index is 3.45. The second-order valence-corrected chi connectivity index (χ2v) is 7.66. The van der Waals surface area contributed by atoms with E-state index in [1.54, 1.807) is 0 Å². The quantitative estimate of drug-likeness (QED) is 0.236. The zero-order chi connectivity index (χ0) is 29.0. The Morgan fingerprint density at radius 2 is 0.972 bits per heavy atom. The molecule has 208 valence electrons. The summed E-state index contributed by atoms with van der Waals surface area (Å²) < 4.78 is 214. The fraction of sp³-hybridized carbons (Fsp3) is 0.588. The van der Waals surface area contributed by atoms with Crippen LogP contribution in [0, 0.1) is 6.92 Å². The molecule has 1 aromatic carbocycles. The Hall–Kier alpha value is -2.14. The predicted molar refractivity (Wildman–Crippen MR) is 88.5 cm³/mol. The third kappa shape index (κ3) is 4.53. The van der Waals surface area contributed by atoms with Gasteiger partial charge in [0.15, 0.2) is 0 Å². The van der Waals surface area contributed by atoms with Gasteiger partial charge in [-0.05, 0) is 24.1 Å². The van der Waals surface area contributed by atoms with Crippen LogP contribution in [0.3, 0.4) is 0 Å². The van der Waals surface area contributed by atoms with Gasteiger partial charge in [0.25, 0.3) is 5.91 Å². The second kappa shape index (κ2) is 9.01. The van der Waals surface area contributed by atoms with Crippen molar-refractivity contribution in [1.29, 1.82) is 0 Å². The maximum atomic E-state index is 13.8. The van der Waals surface area contributed by atoms with E-state index in [4.69, 9.17) is 0 Å². The SMILES string of the molecule is Cc1ccc(CNC(=O)C(F)(F)C(F)(F)C(F)(F)C(F)(F)C(F)(F)C(F)(F)C(F)(F)C(F)(F)Cl)cc1. The van der Waals surface area contributed by atoms with Crippen LogP contribution in [0.1, 0.15) is 11.1 Å². The Bertz CT molecular complexity index is 954. The van der Waals surface area contributed by atoms with E-state index in [2.05, 4.69) is 11.6 Å². The van der Waals surface area contributed by atoms with Crippen molar-refractivity contribution >= 4 is 17.5 Å². The van der Waals surface area contributed by atoms with Crippen molar-refractivity contribution < 1.29 is 75.0 Å². The van der Waals surface area contributed by atoms with Gasteiger partial charge in [0.2, 0.25) is 0 Å². The normalized spacial score (nSPS) is 15.2. The molecule has 19 heteroatoms. The Labute approximate surface area is 194 Å². The molecule has 0 aliphatic carbocycles. The molecule has 0 atom stereocenters. The Kier molecular flexibility index (Phi) is 7.98. The van der Waals surface area contributed by atoms with Gasteiger partial charge in [0.05, 0.1) is 0 Å². The first kappa shape index (κ1) is 31.9. The van der Waals surface area contributed by atoms with Crippen molar-refractivity contribution in [1.82, 2.24) is 5.32 Å². The molecule has 2 nitrogen and oxygen atoms in total. The van der Waals surface area contributed by atoms with E-state index >= 15 is 0 Å². The highest BCUT2D eigenvalue weighted by Crippen LogP contribution is 2.64. The summed E-state index contributed by atoms with van der Waals surface area (Å²) in [4.78, 5) is 11.4. The number of rotatable bonds is 10. The molecule has 0 heterocycles. The lowest BCUT2D eigenvalue weighted by Gasteiger charge is -2.42. The minimum absolute atomic E-state index is 0.166. The lowest BCUT2D eigenvalue weighted by Crippen LogP contribution is -2.75. The van der Waals surface area contributed by atoms with Gasteiger partial charge in [0, 0.05) is 6.54 Å². The van der Waals surface area contributed by atoms with Gasteiger partial charge in [-0.1, -0.05) is 29.8 Å². The molecule has 36 heavy (non-hydrogen) atoms. The van der Waals surface area contributed by atoms with Crippen LogP contribution in [0.25, 0.3) is 0 Å². The van der Waals surface area contributed by atoms with Crippen LogP contribution in [0.4, 0.5) is 70.2 Å². The number of nitrogens with one attached hydrogen (secondary N) is 1. The third-order valence-electron chi connectivity index (χ3n) is 4.58. The molecule has 0 saturated heterocycles. The van der Waals surface area contributed by atoms with E-state index in [1.807, 2.05) is 0 Å². The van der Waals surface area contributed by atoms with Gasteiger partial charge in [0.1, 0.15) is 0 Å². The number of carbonyl (C=O) groups is 1. The molecule has 0 radical (unpaired) electrons. The van der Waals surface area contributed by atoms with Crippen molar-refractivity contribution in [2.75, 3.05) is 0 Å². The van der Waals surface area contributed by atoms with E-state index < -0.39 is 59.3 Å². The topological polar surface area (TPSA) is 29.1 Å². The van der Waals surface area contributed by atoms with Crippen molar-refractivity contribution in [3.8, 4) is 0 Å². The summed E-state index contributed by atoms with van der Waals surface area (Å²) in [6.07, 6.45) is 0.